The van der Waals surface area contributed by atoms with Crippen molar-refractivity contribution < 1.29 is 0 Å². The predicted octanol–water partition coefficient (Wildman–Crippen LogP) is 3.50. The highest BCUT2D eigenvalue weighted by atomic mass is 79.9. The van der Waals surface area contributed by atoms with Gasteiger partial charge in [-0.25, -0.2) is 0 Å². The number of nitrogens with zero attached hydrogens (tertiary/aromatic N) is 2. The number of para-hydroxylation sites is 1. The van der Waals surface area contributed by atoms with Gasteiger partial charge in [-0.1, -0.05) is 23.7 Å². The van der Waals surface area contributed by atoms with E-state index in [1.54, 1.807) is 0 Å². The molecule has 1 aromatic heterocycles. The Kier molecular flexibility index (Phi) is 2.50. The zero-order chi connectivity index (χ0) is 11.3. The normalized spacial score (nSPS) is 16.7. The van der Waals surface area contributed by atoms with Crippen LogP contribution in [0.2, 0.25) is 5.02 Å². The molecule has 0 atom stereocenters. The number of hydrogen-bond acceptors (Lipinski definition) is 1. The lowest BCUT2D eigenvalue weighted by Crippen LogP contribution is -2.30. The van der Waals surface area contributed by atoms with Crippen LogP contribution < -0.4 is 0 Å². The summed E-state index contributed by atoms with van der Waals surface area (Å²) in [4.78, 5) is 2.33. The number of fused-ring (bicyclic) bond motifs is 3. The van der Waals surface area contributed by atoms with E-state index in [1.807, 2.05) is 12.1 Å². The fourth-order valence-electron chi connectivity index (χ4n) is 2.38. The molecule has 16 heavy (non-hydrogen) atoms. The van der Waals surface area contributed by atoms with Gasteiger partial charge in [-0.05, 0) is 29.0 Å². The summed E-state index contributed by atoms with van der Waals surface area (Å²) in [6, 6.07) is 6.09. The quantitative estimate of drug-likeness (QED) is 0.723. The SMILES string of the molecule is CN1CCn2c(c(Br)c3cccc(Cl)c32)C1. The van der Waals surface area contributed by atoms with Gasteiger partial charge in [0.2, 0.25) is 0 Å². The van der Waals surface area contributed by atoms with Gasteiger partial charge in [0.1, 0.15) is 0 Å². The van der Waals surface area contributed by atoms with E-state index in [0.29, 0.717) is 0 Å². The summed E-state index contributed by atoms with van der Waals surface area (Å²) in [7, 11) is 2.15. The first-order valence-corrected chi connectivity index (χ1v) is 6.49. The average Bonchev–Trinajstić information content (AvgIpc) is 2.55. The van der Waals surface area contributed by atoms with Crippen molar-refractivity contribution in [3.05, 3.63) is 33.4 Å². The highest BCUT2D eigenvalue weighted by Gasteiger charge is 2.21. The van der Waals surface area contributed by atoms with Crippen LogP contribution in [0.25, 0.3) is 10.9 Å². The molecule has 1 aliphatic rings. The summed E-state index contributed by atoms with van der Waals surface area (Å²) < 4.78 is 3.53. The Hall–Kier alpha value is -0.510. The van der Waals surface area contributed by atoms with E-state index in [-0.39, 0.29) is 0 Å². The molecule has 3 rings (SSSR count). The molecule has 0 N–H and O–H groups in total. The van der Waals surface area contributed by atoms with E-state index in [4.69, 9.17) is 11.6 Å². The third kappa shape index (κ3) is 1.42. The second-order valence-corrected chi connectivity index (χ2v) is 5.49. The van der Waals surface area contributed by atoms with Crippen molar-refractivity contribution in [2.45, 2.75) is 13.1 Å². The lowest BCUT2D eigenvalue weighted by atomic mass is 10.2. The molecule has 2 heterocycles. The minimum Gasteiger partial charge on any atom is -0.340 e. The van der Waals surface area contributed by atoms with Crippen molar-refractivity contribution >= 4 is 38.4 Å². The van der Waals surface area contributed by atoms with Gasteiger partial charge < -0.3 is 4.57 Å². The van der Waals surface area contributed by atoms with Crippen molar-refractivity contribution in [2.75, 3.05) is 13.6 Å². The first kappa shape index (κ1) is 10.6. The molecular weight excluding hydrogens is 288 g/mol. The molecular formula is C12H12BrClN2. The lowest BCUT2D eigenvalue weighted by Gasteiger charge is -2.25. The Morgan fingerprint density at radius 1 is 1.31 bits per heavy atom. The highest BCUT2D eigenvalue weighted by Crippen LogP contribution is 2.36. The second kappa shape index (κ2) is 3.76. The fraction of sp³-hybridized carbons (Fsp3) is 0.333. The molecule has 0 saturated heterocycles. The molecule has 1 aliphatic heterocycles. The van der Waals surface area contributed by atoms with E-state index in [1.165, 1.54) is 21.1 Å². The molecule has 4 heteroatoms. The standard InChI is InChI=1S/C12H12BrClN2/c1-15-5-6-16-10(7-15)11(13)8-3-2-4-9(14)12(8)16/h2-4H,5-7H2,1H3. The van der Waals surface area contributed by atoms with Crippen LogP contribution in [0.4, 0.5) is 0 Å². The largest absolute Gasteiger partial charge is 0.340 e. The van der Waals surface area contributed by atoms with Crippen LogP contribution in [0.1, 0.15) is 5.69 Å². The number of rotatable bonds is 0. The van der Waals surface area contributed by atoms with Crippen molar-refractivity contribution in [1.82, 2.24) is 9.47 Å². The molecule has 0 saturated carbocycles. The number of likely N-dealkylation sites (N-methyl/N-ethyl adjacent to an activating group) is 1. The van der Waals surface area contributed by atoms with Gasteiger partial charge in [-0.15, -0.1) is 0 Å². The first-order chi connectivity index (χ1) is 7.68. The third-order valence-electron chi connectivity index (χ3n) is 3.20. The average molecular weight is 300 g/mol. The van der Waals surface area contributed by atoms with E-state index < -0.39 is 0 Å². The van der Waals surface area contributed by atoms with E-state index in [0.717, 1.165) is 24.7 Å². The zero-order valence-electron chi connectivity index (χ0n) is 9.00. The molecule has 0 radical (unpaired) electrons. The second-order valence-electron chi connectivity index (χ2n) is 4.29. The van der Waals surface area contributed by atoms with Crippen LogP contribution in [0.3, 0.4) is 0 Å². The van der Waals surface area contributed by atoms with Crippen LogP contribution in [0.5, 0.6) is 0 Å². The molecule has 2 nitrogen and oxygen atoms in total. The van der Waals surface area contributed by atoms with E-state index in [9.17, 15) is 0 Å². The van der Waals surface area contributed by atoms with Gasteiger partial charge in [-0.2, -0.15) is 0 Å². The fourth-order valence-corrected chi connectivity index (χ4v) is 3.32. The summed E-state index contributed by atoms with van der Waals surface area (Å²) >= 11 is 9.98. The molecule has 1 aromatic carbocycles. The number of halogens is 2. The van der Waals surface area contributed by atoms with Gasteiger partial charge in [0.15, 0.2) is 0 Å². The summed E-state index contributed by atoms with van der Waals surface area (Å²) in [5.74, 6) is 0. The van der Waals surface area contributed by atoms with Gasteiger partial charge in [0, 0.05) is 35.2 Å². The van der Waals surface area contributed by atoms with Gasteiger partial charge >= 0.3 is 0 Å². The molecule has 0 unspecified atom stereocenters. The summed E-state index contributed by atoms with van der Waals surface area (Å²) in [5, 5.41) is 2.06. The minimum absolute atomic E-state index is 0.842. The maximum Gasteiger partial charge on any atom is 0.0684 e. The molecule has 0 aliphatic carbocycles. The van der Waals surface area contributed by atoms with Crippen molar-refractivity contribution in [3.63, 3.8) is 0 Å². The zero-order valence-corrected chi connectivity index (χ0v) is 11.3. The Balaban J connectivity index is 2.36. The number of benzene rings is 1. The van der Waals surface area contributed by atoms with Crippen LogP contribution in [-0.2, 0) is 13.1 Å². The number of hydrogen-bond donors (Lipinski definition) is 0. The van der Waals surface area contributed by atoms with E-state index in [2.05, 4.69) is 38.5 Å². The van der Waals surface area contributed by atoms with Crippen molar-refractivity contribution in [1.29, 1.82) is 0 Å². The van der Waals surface area contributed by atoms with Crippen molar-refractivity contribution in [2.24, 2.45) is 0 Å². The van der Waals surface area contributed by atoms with Crippen molar-refractivity contribution in [3.8, 4) is 0 Å². The molecule has 0 amide bonds. The van der Waals surface area contributed by atoms with Crippen LogP contribution in [-0.4, -0.2) is 23.1 Å². The maximum atomic E-state index is 6.29. The molecule has 0 bridgehead atoms. The van der Waals surface area contributed by atoms with Crippen LogP contribution >= 0.6 is 27.5 Å². The third-order valence-corrected chi connectivity index (χ3v) is 4.39. The van der Waals surface area contributed by atoms with Gasteiger partial charge in [0.05, 0.1) is 10.5 Å². The van der Waals surface area contributed by atoms with Gasteiger partial charge in [0.25, 0.3) is 0 Å². The van der Waals surface area contributed by atoms with Crippen LogP contribution in [0, 0.1) is 0 Å². The van der Waals surface area contributed by atoms with Gasteiger partial charge in [-0.3, -0.25) is 4.90 Å². The lowest BCUT2D eigenvalue weighted by molar-refractivity contribution is 0.272. The van der Waals surface area contributed by atoms with Crippen LogP contribution in [0.15, 0.2) is 22.7 Å². The molecule has 84 valence electrons. The molecule has 0 spiro atoms. The summed E-state index contributed by atoms with van der Waals surface area (Å²) in [6.07, 6.45) is 0. The molecule has 0 fully saturated rings. The summed E-state index contributed by atoms with van der Waals surface area (Å²) in [6.45, 7) is 3.07. The topological polar surface area (TPSA) is 8.17 Å². The Bertz CT molecular complexity index is 562. The monoisotopic (exact) mass is 298 g/mol. The first-order valence-electron chi connectivity index (χ1n) is 5.32. The smallest absolute Gasteiger partial charge is 0.0684 e. The Morgan fingerprint density at radius 3 is 2.94 bits per heavy atom. The number of aromatic nitrogens is 1. The predicted molar refractivity (Wildman–Crippen MR) is 71.0 cm³/mol. The Morgan fingerprint density at radius 2 is 2.12 bits per heavy atom. The summed E-state index contributed by atoms with van der Waals surface area (Å²) in [5.41, 5.74) is 2.50. The molecule has 2 aromatic rings. The Labute approximate surface area is 108 Å². The van der Waals surface area contributed by atoms with E-state index >= 15 is 0 Å². The maximum absolute atomic E-state index is 6.29. The minimum atomic E-state index is 0.842. The highest BCUT2D eigenvalue weighted by molar-refractivity contribution is 9.10.